The van der Waals surface area contributed by atoms with Crippen LogP contribution in [-0.2, 0) is 25.6 Å². The number of carboxylic acid groups (broad SMARTS) is 1. The van der Waals surface area contributed by atoms with Crippen LogP contribution in [0, 0.1) is 11.3 Å². The SMILES string of the molecule is CS(=O)(=O)N1CCCC(CS(=O)CC2(CC(=O)O)CC2)C1. The summed E-state index contributed by atoms with van der Waals surface area (Å²) in [6, 6.07) is 0. The van der Waals surface area contributed by atoms with Gasteiger partial charge in [-0.05, 0) is 37.0 Å². The Labute approximate surface area is 128 Å². The van der Waals surface area contributed by atoms with E-state index in [1.165, 1.54) is 10.6 Å². The smallest absolute Gasteiger partial charge is 0.303 e. The Morgan fingerprint density at radius 2 is 2.10 bits per heavy atom. The average Bonchev–Trinajstić information content (AvgIpc) is 3.06. The van der Waals surface area contributed by atoms with E-state index in [1.807, 2.05) is 0 Å². The standard InChI is InChI=1S/C13H23NO5S2/c1-21(18,19)14-6-2-3-11(8-14)9-20(17)10-13(4-5-13)7-12(15)16/h11H,2-10H2,1H3,(H,15,16). The van der Waals surface area contributed by atoms with E-state index in [-0.39, 0.29) is 17.8 Å². The van der Waals surface area contributed by atoms with Gasteiger partial charge < -0.3 is 5.11 Å². The highest BCUT2D eigenvalue weighted by Crippen LogP contribution is 2.49. The van der Waals surface area contributed by atoms with E-state index in [1.54, 1.807) is 0 Å². The Balaban J connectivity index is 1.84. The van der Waals surface area contributed by atoms with Crippen LogP contribution >= 0.6 is 0 Å². The summed E-state index contributed by atoms with van der Waals surface area (Å²) in [5.74, 6) is 0.211. The highest BCUT2D eigenvalue weighted by Gasteiger charge is 2.45. The van der Waals surface area contributed by atoms with Gasteiger partial charge in [0.2, 0.25) is 10.0 Å². The van der Waals surface area contributed by atoms with Crippen LogP contribution in [-0.4, -0.2) is 58.9 Å². The normalized spacial score (nSPS) is 27.2. The second-order valence-corrected chi connectivity index (χ2v) is 9.93. The van der Waals surface area contributed by atoms with Crippen molar-refractivity contribution in [3.8, 4) is 0 Å². The number of carbonyl (C=O) groups is 1. The van der Waals surface area contributed by atoms with Gasteiger partial charge in [0.1, 0.15) is 0 Å². The zero-order valence-electron chi connectivity index (χ0n) is 12.3. The number of aliphatic carboxylic acids is 1. The monoisotopic (exact) mass is 337 g/mol. The predicted molar refractivity (Wildman–Crippen MR) is 80.9 cm³/mol. The third kappa shape index (κ3) is 5.03. The molecule has 1 aliphatic heterocycles. The Bertz CT molecular complexity index is 527. The Kier molecular flexibility index (Phi) is 5.10. The zero-order chi connectivity index (χ0) is 15.7. The van der Waals surface area contributed by atoms with E-state index in [4.69, 9.17) is 5.11 Å². The number of rotatable bonds is 7. The zero-order valence-corrected chi connectivity index (χ0v) is 13.9. The third-order valence-corrected chi connectivity index (χ3v) is 7.37. The Morgan fingerprint density at radius 1 is 1.43 bits per heavy atom. The summed E-state index contributed by atoms with van der Waals surface area (Å²) < 4.78 is 36.8. The first-order valence-corrected chi connectivity index (χ1v) is 10.6. The van der Waals surface area contributed by atoms with Crippen LogP contribution in [0.1, 0.15) is 32.1 Å². The third-order valence-electron chi connectivity index (χ3n) is 4.32. The van der Waals surface area contributed by atoms with Crippen molar-refractivity contribution >= 4 is 26.8 Å². The molecular weight excluding hydrogens is 314 g/mol. The summed E-state index contributed by atoms with van der Waals surface area (Å²) >= 11 is 0. The van der Waals surface area contributed by atoms with Gasteiger partial charge in [-0.1, -0.05) is 0 Å². The predicted octanol–water partition coefficient (Wildman–Crippen LogP) is 0.662. The van der Waals surface area contributed by atoms with Crippen LogP contribution in [0.25, 0.3) is 0 Å². The fourth-order valence-electron chi connectivity index (χ4n) is 3.00. The van der Waals surface area contributed by atoms with Crippen molar-refractivity contribution < 1.29 is 22.5 Å². The number of hydrogen-bond donors (Lipinski definition) is 1. The summed E-state index contributed by atoms with van der Waals surface area (Å²) in [6.45, 7) is 0.988. The summed E-state index contributed by atoms with van der Waals surface area (Å²) in [4.78, 5) is 10.8. The van der Waals surface area contributed by atoms with Crippen LogP contribution in [0.2, 0.25) is 0 Å². The van der Waals surface area contributed by atoms with Gasteiger partial charge in [0.05, 0.1) is 12.7 Å². The van der Waals surface area contributed by atoms with E-state index in [9.17, 15) is 17.4 Å². The first-order valence-electron chi connectivity index (χ1n) is 7.22. The molecule has 21 heavy (non-hydrogen) atoms. The molecule has 0 aromatic carbocycles. The van der Waals surface area contributed by atoms with E-state index in [0.29, 0.717) is 24.6 Å². The molecule has 122 valence electrons. The second kappa shape index (κ2) is 6.34. The summed E-state index contributed by atoms with van der Waals surface area (Å²) in [5.41, 5.74) is -0.262. The molecule has 0 aromatic rings. The Morgan fingerprint density at radius 3 is 2.62 bits per heavy atom. The molecule has 1 N–H and O–H groups in total. The average molecular weight is 337 g/mol. The summed E-state index contributed by atoms with van der Waals surface area (Å²) in [5, 5.41) is 8.88. The molecule has 1 aliphatic carbocycles. The lowest BCUT2D eigenvalue weighted by molar-refractivity contribution is -0.138. The molecule has 1 saturated carbocycles. The molecule has 0 spiro atoms. The fourth-order valence-corrected chi connectivity index (χ4v) is 5.93. The van der Waals surface area contributed by atoms with E-state index < -0.39 is 26.8 Å². The van der Waals surface area contributed by atoms with Crippen LogP contribution in [0.3, 0.4) is 0 Å². The maximum absolute atomic E-state index is 12.3. The van der Waals surface area contributed by atoms with Gasteiger partial charge in [-0.25, -0.2) is 12.7 Å². The van der Waals surface area contributed by atoms with Gasteiger partial charge in [-0.15, -0.1) is 0 Å². The summed E-state index contributed by atoms with van der Waals surface area (Å²) in [6.07, 6.45) is 4.67. The molecule has 6 nitrogen and oxygen atoms in total. The van der Waals surface area contributed by atoms with Crippen molar-refractivity contribution in [3.05, 3.63) is 0 Å². The van der Waals surface area contributed by atoms with Crippen LogP contribution < -0.4 is 0 Å². The van der Waals surface area contributed by atoms with Crippen molar-refractivity contribution in [1.82, 2.24) is 4.31 Å². The molecule has 1 saturated heterocycles. The topological polar surface area (TPSA) is 91.8 Å². The molecule has 0 bridgehead atoms. The lowest BCUT2D eigenvalue weighted by Gasteiger charge is -2.30. The minimum Gasteiger partial charge on any atom is -0.481 e. The highest BCUT2D eigenvalue weighted by molar-refractivity contribution is 7.88. The maximum atomic E-state index is 12.3. The lowest BCUT2D eigenvalue weighted by Crippen LogP contribution is -2.41. The minimum absolute atomic E-state index is 0.0961. The van der Waals surface area contributed by atoms with E-state index >= 15 is 0 Å². The number of hydrogen-bond acceptors (Lipinski definition) is 4. The number of carboxylic acids is 1. The van der Waals surface area contributed by atoms with Gasteiger partial charge in [0.25, 0.3) is 0 Å². The lowest BCUT2D eigenvalue weighted by atomic mass is 10.0. The van der Waals surface area contributed by atoms with Crippen molar-refractivity contribution in [3.63, 3.8) is 0 Å². The van der Waals surface area contributed by atoms with Gasteiger partial charge in [-0.2, -0.15) is 0 Å². The number of nitrogens with zero attached hydrogens (tertiary/aromatic N) is 1. The number of sulfonamides is 1. The highest BCUT2D eigenvalue weighted by atomic mass is 32.2. The summed E-state index contributed by atoms with van der Waals surface area (Å²) in [7, 11) is -4.24. The van der Waals surface area contributed by atoms with Gasteiger partial charge in [0, 0.05) is 35.4 Å². The fraction of sp³-hybridized carbons (Fsp3) is 0.923. The molecule has 2 atom stereocenters. The quantitative estimate of drug-likeness (QED) is 0.737. The largest absolute Gasteiger partial charge is 0.481 e. The van der Waals surface area contributed by atoms with Gasteiger partial charge in [0.15, 0.2) is 0 Å². The van der Waals surface area contributed by atoms with E-state index in [0.717, 1.165) is 25.7 Å². The van der Waals surface area contributed by atoms with Crippen molar-refractivity contribution in [2.75, 3.05) is 30.9 Å². The second-order valence-electron chi connectivity index (χ2n) is 6.45. The molecule has 0 amide bonds. The maximum Gasteiger partial charge on any atom is 0.303 e. The van der Waals surface area contributed by atoms with Crippen molar-refractivity contribution in [2.45, 2.75) is 32.1 Å². The molecule has 2 rings (SSSR count). The molecule has 0 radical (unpaired) electrons. The van der Waals surface area contributed by atoms with Crippen LogP contribution in [0.15, 0.2) is 0 Å². The minimum atomic E-state index is -3.18. The van der Waals surface area contributed by atoms with Gasteiger partial charge >= 0.3 is 5.97 Å². The molecule has 2 aliphatic rings. The van der Waals surface area contributed by atoms with Crippen molar-refractivity contribution in [1.29, 1.82) is 0 Å². The Hall–Kier alpha value is -0.470. The molecule has 2 unspecified atom stereocenters. The van der Waals surface area contributed by atoms with Crippen LogP contribution in [0.4, 0.5) is 0 Å². The van der Waals surface area contributed by atoms with Crippen LogP contribution in [0.5, 0.6) is 0 Å². The van der Waals surface area contributed by atoms with Gasteiger partial charge in [-0.3, -0.25) is 9.00 Å². The van der Waals surface area contributed by atoms with Crippen molar-refractivity contribution in [2.24, 2.45) is 11.3 Å². The number of piperidine rings is 1. The molecule has 8 heteroatoms. The first-order chi connectivity index (χ1) is 9.70. The van der Waals surface area contributed by atoms with E-state index in [2.05, 4.69) is 0 Å². The first kappa shape index (κ1) is 16.9. The molecule has 0 aromatic heterocycles. The molecule has 2 fully saturated rings. The molecular formula is C13H23NO5S2. The molecule has 1 heterocycles.